The van der Waals surface area contributed by atoms with Crippen molar-refractivity contribution in [2.75, 3.05) is 39.8 Å². The van der Waals surface area contributed by atoms with E-state index < -0.39 is 0 Å². The van der Waals surface area contributed by atoms with Gasteiger partial charge in [0.25, 0.3) is 0 Å². The molecule has 1 aromatic rings. The van der Waals surface area contributed by atoms with Crippen molar-refractivity contribution in [1.29, 1.82) is 0 Å². The van der Waals surface area contributed by atoms with Crippen LogP contribution in [0.5, 0.6) is 0 Å². The molecule has 2 rings (SSSR count). The number of halogens is 3. The molecule has 1 heterocycles. The summed E-state index contributed by atoms with van der Waals surface area (Å²) in [6.07, 6.45) is 0. The Kier molecular flexibility index (Phi) is 12.0. The Bertz CT molecular complexity index is 316. The Hall–Kier alpha value is -0.0300. The van der Waals surface area contributed by atoms with Gasteiger partial charge in [-0.3, -0.25) is 4.90 Å². The Morgan fingerprint density at radius 2 is 1.53 bits per heavy atom. The summed E-state index contributed by atoms with van der Waals surface area (Å²) in [7, 11) is 2.18. The first-order valence-electron chi connectivity index (χ1n) is 5.97. The van der Waals surface area contributed by atoms with Gasteiger partial charge >= 0.3 is 0 Å². The van der Waals surface area contributed by atoms with Gasteiger partial charge in [-0.1, -0.05) is 30.3 Å². The Morgan fingerprint density at radius 3 is 2.05 bits per heavy atom. The van der Waals surface area contributed by atoms with Gasteiger partial charge in [-0.25, -0.2) is 0 Å². The first-order valence-corrected chi connectivity index (χ1v) is 5.97. The summed E-state index contributed by atoms with van der Waals surface area (Å²) in [5, 5.41) is 0. The number of piperazine rings is 1. The van der Waals surface area contributed by atoms with Crippen LogP contribution in [-0.2, 0) is 0 Å². The lowest BCUT2D eigenvalue weighted by molar-refractivity contribution is 0.147. The van der Waals surface area contributed by atoms with Gasteiger partial charge in [0.15, 0.2) is 0 Å². The molecule has 0 radical (unpaired) electrons. The van der Waals surface area contributed by atoms with Crippen molar-refractivity contribution in [1.82, 2.24) is 9.80 Å². The van der Waals surface area contributed by atoms with Gasteiger partial charge in [0.05, 0.1) is 0 Å². The summed E-state index contributed by atoms with van der Waals surface area (Å²) in [4.78, 5) is 4.82. The van der Waals surface area contributed by atoms with Crippen LogP contribution in [0.4, 0.5) is 0 Å². The number of rotatable bonds is 3. The highest BCUT2D eigenvalue weighted by Gasteiger charge is 2.16. The van der Waals surface area contributed by atoms with E-state index in [1.165, 1.54) is 5.56 Å². The van der Waals surface area contributed by atoms with Crippen molar-refractivity contribution < 1.29 is 0 Å². The normalized spacial score (nSPS) is 17.6. The van der Waals surface area contributed by atoms with E-state index in [2.05, 4.69) is 41.1 Å². The zero-order chi connectivity index (χ0) is 11.4. The highest BCUT2D eigenvalue weighted by Crippen LogP contribution is 2.12. The van der Waals surface area contributed by atoms with E-state index in [0.717, 1.165) is 32.7 Å². The van der Waals surface area contributed by atoms with Crippen molar-refractivity contribution in [2.45, 2.75) is 6.04 Å². The second-order valence-corrected chi connectivity index (χ2v) is 4.62. The molecule has 1 fully saturated rings. The molecule has 0 aromatic heterocycles. The highest BCUT2D eigenvalue weighted by molar-refractivity contribution is 5.86. The minimum absolute atomic E-state index is 0. The third-order valence-electron chi connectivity index (χ3n) is 3.28. The molecule has 2 N–H and O–H groups in total. The van der Waals surface area contributed by atoms with Crippen LogP contribution in [0.1, 0.15) is 11.6 Å². The maximum Gasteiger partial charge on any atom is 0.0424 e. The fraction of sp³-hybridized carbons (Fsp3) is 0.538. The molecule has 3 nitrogen and oxygen atoms in total. The van der Waals surface area contributed by atoms with E-state index in [1.807, 2.05) is 6.07 Å². The fourth-order valence-corrected chi connectivity index (χ4v) is 2.11. The van der Waals surface area contributed by atoms with Crippen molar-refractivity contribution in [3.63, 3.8) is 0 Å². The molecule has 0 saturated carbocycles. The fourth-order valence-electron chi connectivity index (χ4n) is 2.11. The van der Waals surface area contributed by atoms with E-state index in [-0.39, 0.29) is 43.3 Å². The third kappa shape index (κ3) is 6.80. The van der Waals surface area contributed by atoms with Crippen LogP contribution in [-0.4, -0.2) is 49.6 Å². The SMILES string of the molecule is CN1CCN(CC(N)c2ccccc2)CC1.Cl.Cl.Cl. The maximum atomic E-state index is 6.21. The zero-order valence-corrected chi connectivity index (χ0v) is 13.6. The van der Waals surface area contributed by atoms with Crippen LogP contribution in [0, 0.1) is 0 Å². The molecular weight excluding hydrogens is 305 g/mol. The third-order valence-corrected chi connectivity index (χ3v) is 3.28. The first-order chi connectivity index (χ1) is 7.75. The highest BCUT2D eigenvalue weighted by atomic mass is 35.5. The summed E-state index contributed by atoms with van der Waals surface area (Å²) in [6.45, 7) is 5.55. The van der Waals surface area contributed by atoms with Crippen molar-refractivity contribution in [2.24, 2.45) is 5.73 Å². The molecule has 1 aliphatic heterocycles. The van der Waals surface area contributed by atoms with Crippen molar-refractivity contribution in [3.8, 4) is 0 Å². The quantitative estimate of drug-likeness (QED) is 0.923. The van der Waals surface area contributed by atoms with Crippen LogP contribution in [0.25, 0.3) is 0 Å². The molecule has 1 atom stereocenters. The summed E-state index contributed by atoms with van der Waals surface area (Å²) in [5.74, 6) is 0. The van der Waals surface area contributed by atoms with Gasteiger partial charge in [0.1, 0.15) is 0 Å². The van der Waals surface area contributed by atoms with Gasteiger partial charge in [0.2, 0.25) is 0 Å². The smallest absolute Gasteiger partial charge is 0.0424 e. The van der Waals surface area contributed by atoms with E-state index >= 15 is 0 Å². The Balaban J connectivity index is 0. The molecule has 1 aromatic carbocycles. The number of nitrogens with zero attached hydrogens (tertiary/aromatic N) is 2. The summed E-state index contributed by atoms with van der Waals surface area (Å²) < 4.78 is 0. The van der Waals surface area contributed by atoms with Crippen LogP contribution < -0.4 is 5.73 Å². The first kappa shape index (κ1) is 21.3. The second kappa shape index (κ2) is 10.7. The largest absolute Gasteiger partial charge is 0.323 e. The maximum absolute atomic E-state index is 6.21. The lowest BCUT2D eigenvalue weighted by Gasteiger charge is -2.33. The van der Waals surface area contributed by atoms with E-state index in [9.17, 15) is 0 Å². The number of hydrogen-bond acceptors (Lipinski definition) is 3. The van der Waals surface area contributed by atoms with E-state index in [0.29, 0.717) is 0 Å². The molecule has 0 bridgehead atoms. The number of hydrogen-bond donors (Lipinski definition) is 1. The second-order valence-electron chi connectivity index (χ2n) is 4.62. The monoisotopic (exact) mass is 327 g/mol. The molecule has 1 saturated heterocycles. The predicted octanol–water partition coefficient (Wildman–Crippen LogP) is 2.20. The molecule has 0 amide bonds. The van der Waals surface area contributed by atoms with Gasteiger partial charge < -0.3 is 10.6 Å². The van der Waals surface area contributed by atoms with Crippen molar-refractivity contribution >= 4 is 37.2 Å². The molecule has 1 unspecified atom stereocenters. The van der Waals surface area contributed by atoms with Crippen LogP contribution in [0.3, 0.4) is 0 Å². The van der Waals surface area contributed by atoms with Gasteiger partial charge in [-0.2, -0.15) is 0 Å². The molecule has 112 valence electrons. The molecule has 0 aliphatic carbocycles. The molecular formula is C13H24Cl3N3. The average molecular weight is 329 g/mol. The summed E-state index contributed by atoms with van der Waals surface area (Å²) in [6, 6.07) is 10.5. The van der Waals surface area contributed by atoms with Crippen molar-refractivity contribution in [3.05, 3.63) is 35.9 Å². The van der Waals surface area contributed by atoms with Crippen LogP contribution in [0.2, 0.25) is 0 Å². The molecule has 6 heteroatoms. The van der Waals surface area contributed by atoms with E-state index in [1.54, 1.807) is 0 Å². The topological polar surface area (TPSA) is 32.5 Å². The van der Waals surface area contributed by atoms with Crippen LogP contribution in [0.15, 0.2) is 30.3 Å². The summed E-state index contributed by atoms with van der Waals surface area (Å²) >= 11 is 0. The minimum Gasteiger partial charge on any atom is -0.323 e. The lowest BCUT2D eigenvalue weighted by atomic mass is 10.1. The zero-order valence-electron chi connectivity index (χ0n) is 11.2. The minimum atomic E-state index is 0. The number of nitrogens with two attached hydrogens (primary N) is 1. The molecule has 19 heavy (non-hydrogen) atoms. The van der Waals surface area contributed by atoms with Gasteiger partial charge in [-0.05, 0) is 12.6 Å². The summed E-state index contributed by atoms with van der Waals surface area (Å²) in [5.41, 5.74) is 7.44. The molecule has 0 spiro atoms. The number of likely N-dealkylation sites (N-methyl/N-ethyl adjacent to an activating group) is 1. The number of benzene rings is 1. The predicted molar refractivity (Wildman–Crippen MR) is 89.1 cm³/mol. The lowest BCUT2D eigenvalue weighted by Crippen LogP contribution is -2.46. The Morgan fingerprint density at radius 1 is 1.00 bits per heavy atom. The van der Waals surface area contributed by atoms with E-state index in [4.69, 9.17) is 5.73 Å². The average Bonchev–Trinajstić information content (AvgIpc) is 2.33. The van der Waals surface area contributed by atoms with Crippen LogP contribution >= 0.6 is 37.2 Å². The van der Waals surface area contributed by atoms with Gasteiger partial charge in [0, 0.05) is 38.8 Å². The van der Waals surface area contributed by atoms with Gasteiger partial charge in [-0.15, -0.1) is 37.2 Å². The molecule has 1 aliphatic rings. The standard InChI is InChI=1S/C13H21N3.3ClH/c1-15-7-9-16(10-8-15)11-13(14)12-5-3-2-4-6-12;;;/h2-6,13H,7-11,14H2,1H3;3*1H. The Labute approximate surface area is 134 Å².